The Bertz CT molecular complexity index is 1320. The fraction of sp³-hybridized carbons (Fsp3) is 0.208. The van der Waals surface area contributed by atoms with Gasteiger partial charge in [0.05, 0.1) is 36.1 Å². The van der Waals surface area contributed by atoms with Crippen LogP contribution in [-0.4, -0.2) is 24.8 Å². The third-order valence-corrected chi connectivity index (χ3v) is 6.16. The lowest BCUT2D eigenvalue weighted by molar-refractivity contribution is -0.136. The normalized spacial score (nSPS) is 16.0. The summed E-state index contributed by atoms with van der Waals surface area (Å²) in [4.78, 5) is 31.4. The lowest BCUT2D eigenvalue weighted by Gasteiger charge is -2.25. The Kier molecular flexibility index (Phi) is 5.86. The van der Waals surface area contributed by atoms with E-state index in [1.165, 1.54) is 18.4 Å². The van der Waals surface area contributed by atoms with Crippen molar-refractivity contribution in [2.24, 2.45) is 4.99 Å². The van der Waals surface area contributed by atoms with Crippen molar-refractivity contribution in [1.82, 2.24) is 4.57 Å². The molecule has 0 unspecified atom stereocenters. The number of carbonyl (C=O) groups excluding carboxylic acids is 1. The number of methoxy groups -OCH3 is 2. The van der Waals surface area contributed by atoms with Gasteiger partial charge in [-0.25, -0.2) is 9.79 Å². The quantitative estimate of drug-likeness (QED) is 0.579. The van der Waals surface area contributed by atoms with Gasteiger partial charge in [0.25, 0.3) is 5.56 Å². The minimum atomic E-state index is -0.585. The molecule has 7 heteroatoms. The first-order valence-corrected chi connectivity index (χ1v) is 10.7. The van der Waals surface area contributed by atoms with Crippen LogP contribution in [0.3, 0.4) is 0 Å². The van der Waals surface area contributed by atoms with Crippen LogP contribution in [0.15, 0.2) is 75.7 Å². The summed E-state index contributed by atoms with van der Waals surface area (Å²) >= 11 is 1.32. The minimum absolute atomic E-state index is 0.190. The van der Waals surface area contributed by atoms with E-state index in [1.807, 2.05) is 67.6 Å². The smallest absolute Gasteiger partial charge is 0.338 e. The molecular weight excluding hydrogens is 412 g/mol. The van der Waals surface area contributed by atoms with Gasteiger partial charge in [-0.1, -0.05) is 60.7 Å². The first kappa shape index (κ1) is 20.8. The van der Waals surface area contributed by atoms with Gasteiger partial charge in [0.15, 0.2) is 4.80 Å². The van der Waals surface area contributed by atoms with Gasteiger partial charge in [-0.2, -0.15) is 0 Å². The number of ether oxygens (including phenoxy) is 2. The number of benzene rings is 2. The van der Waals surface area contributed by atoms with Gasteiger partial charge in [-0.15, -0.1) is 0 Å². The number of allylic oxidation sites excluding steroid dienone is 1. The number of nitrogens with zero attached hydrogens (tertiary/aromatic N) is 2. The molecule has 6 nitrogen and oxygen atoms in total. The van der Waals surface area contributed by atoms with Crippen molar-refractivity contribution < 1.29 is 14.3 Å². The van der Waals surface area contributed by atoms with E-state index in [-0.39, 0.29) is 5.56 Å². The van der Waals surface area contributed by atoms with Crippen LogP contribution in [0.2, 0.25) is 0 Å². The van der Waals surface area contributed by atoms with Crippen molar-refractivity contribution in [3.63, 3.8) is 0 Å². The summed E-state index contributed by atoms with van der Waals surface area (Å²) in [7, 11) is 2.96. The molecule has 0 bridgehead atoms. The van der Waals surface area contributed by atoms with Crippen LogP contribution in [0.25, 0.3) is 6.08 Å². The van der Waals surface area contributed by atoms with Crippen molar-refractivity contribution in [3.05, 3.63) is 96.7 Å². The summed E-state index contributed by atoms with van der Waals surface area (Å²) < 4.78 is 12.4. The van der Waals surface area contributed by atoms with Crippen molar-refractivity contribution in [2.45, 2.75) is 19.4 Å². The number of aromatic nitrogens is 1. The monoisotopic (exact) mass is 434 g/mol. The molecule has 31 heavy (non-hydrogen) atoms. The van der Waals surface area contributed by atoms with Crippen LogP contribution < -0.4 is 19.6 Å². The molecule has 3 aromatic rings. The second-order valence-corrected chi connectivity index (χ2v) is 7.98. The van der Waals surface area contributed by atoms with E-state index in [9.17, 15) is 9.59 Å². The lowest BCUT2D eigenvalue weighted by atomic mass is 9.95. The van der Waals surface area contributed by atoms with E-state index in [4.69, 9.17) is 9.47 Å². The first-order chi connectivity index (χ1) is 15.1. The number of esters is 1. The third-order valence-electron chi connectivity index (χ3n) is 5.18. The number of thiazole rings is 1. The summed E-state index contributed by atoms with van der Waals surface area (Å²) in [6, 6.07) is 16.4. The standard InChI is InChI=1S/C24H22N2O4S/c1-4-18-20(23(28)30-3)21(16-8-6-5-7-9-16)26-22(27)19(31-24(26)25-18)14-15-10-12-17(29-2)13-11-15/h5-14,21H,4H2,1-3H3/b19-14-/t21-/m0/s1. The number of fused-ring (bicyclic) bond motifs is 1. The van der Waals surface area contributed by atoms with Gasteiger partial charge in [-0.3, -0.25) is 9.36 Å². The van der Waals surface area contributed by atoms with E-state index in [0.29, 0.717) is 27.0 Å². The van der Waals surface area contributed by atoms with Crippen LogP contribution in [0.1, 0.15) is 30.5 Å². The summed E-state index contributed by atoms with van der Waals surface area (Å²) in [6.07, 6.45) is 2.39. The van der Waals surface area contributed by atoms with Crippen molar-refractivity contribution in [1.29, 1.82) is 0 Å². The molecule has 0 radical (unpaired) electrons. The Balaban J connectivity index is 1.95. The Morgan fingerprint density at radius 1 is 1.13 bits per heavy atom. The second-order valence-electron chi connectivity index (χ2n) is 6.97. The van der Waals surface area contributed by atoms with Gasteiger partial charge >= 0.3 is 5.97 Å². The highest BCUT2D eigenvalue weighted by Gasteiger charge is 2.33. The largest absolute Gasteiger partial charge is 0.497 e. The van der Waals surface area contributed by atoms with Gasteiger partial charge in [0.2, 0.25) is 0 Å². The van der Waals surface area contributed by atoms with E-state index >= 15 is 0 Å². The summed E-state index contributed by atoms with van der Waals surface area (Å²) in [6.45, 7) is 1.94. The zero-order valence-electron chi connectivity index (χ0n) is 17.5. The highest BCUT2D eigenvalue weighted by molar-refractivity contribution is 7.07. The second kappa shape index (κ2) is 8.73. The summed E-state index contributed by atoms with van der Waals surface area (Å²) in [5.74, 6) is 0.275. The molecule has 0 N–H and O–H groups in total. The van der Waals surface area contributed by atoms with Crippen molar-refractivity contribution in [3.8, 4) is 5.75 Å². The van der Waals surface area contributed by atoms with E-state index in [2.05, 4.69) is 4.99 Å². The Labute approximate surface area is 183 Å². The topological polar surface area (TPSA) is 69.9 Å². The number of hydrogen-bond donors (Lipinski definition) is 0. The zero-order valence-corrected chi connectivity index (χ0v) is 18.3. The Morgan fingerprint density at radius 2 is 1.84 bits per heavy atom. The highest BCUT2D eigenvalue weighted by Crippen LogP contribution is 2.31. The van der Waals surface area contributed by atoms with Gasteiger partial charge < -0.3 is 9.47 Å². The van der Waals surface area contributed by atoms with Crippen molar-refractivity contribution in [2.75, 3.05) is 14.2 Å². The molecule has 0 amide bonds. The predicted octanol–water partition coefficient (Wildman–Crippen LogP) is 2.81. The van der Waals surface area contributed by atoms with Gasteiger partial charge in [-0.05, 0) is 35.8 Å². The van der Waals surface area contributed by atoms with Crippen LogP contribution >= 0.6 is 11.3 Å². The molecule has 0 fully saturated rings. The summed E-state index contributed by atoms with van der Waals surface area (Å²) in [5.41, 5.74) is 2.56. The molecule has 0 saturated heterocycles. The average molecular weight is 435 g/mol. The van der Waals surface area contributed by atoms with Crippen LogP contribution in [0.4, 0.5) is 0 Å². The van der Waals surface area contributed by atoms with E-state index < -0.39 is 12.0 Å². The van der Waals surface area contributed by atoms with Gasteiger partial charge in [0.1, 0.15) is 5.75 Å². The molecule has 1 atom stereocenters. The lowest BCUT2D eigenvalue weighted by Crippen LogP contribution is -2.40. The third kappa shape index (κ3) is 3.84. The molecule has 2 aromatic carbocycles. The van der Waals surface area contributed by atoms with Crippen LogP contribution in [-0.2, 0) is 9.53 Å². The average Bonchev–Trinajstić information content (AvgIpc) is 3.13. The maximum Gasteiger partial charge on any atom is 0.338 e. The maximum absolute atomic E-state index is 13.5. The fourth-order valence-electron chi connectivity index (χ4n) is 3.67. The molecular formula is C24H22N2O4S. The van der Waals surface area contributed by atoms with E-state index in [1.54, 1.807) is 11.7 Å². The first-order valence-electron chi connectivity index (χ1n) is 9.89. The number of rotatable bonds is 5. The fourth-order valence-corrected chi connectivity index (χ4v) is 4.69. The minimum Gasteiger partial charge on any atom is -0.497 e. The van der Waals surface area contributed by atoms with Crippen LogP contribution in [0, 0.1) is 0 Å². The summed E-state index contributed by atoms with van der Waals surface area (Å²) in [5, 5.41) is 0. The molecule has 158 valence electrons. The Hall–Kier alpha value is -3.45. The zero-order chi connectivity index (χ0) is 22.0. The number of hydrogen-bond acceptors (Lipinski definition) is 6. The molecule has 0 aliphatic carbocycles. The number of carbonyl (C=O) groups is 1. The predicted molar refractivity (Wildman–Crippen MR) is 120 cm³/mol. The van der Waals surface area contributed by atoms with E-state index in [0.717, 1.165) is 16.9 Å². The van der Waals surface area contributed by atoms with Crippen LogP contribution in [0.5, 0.6) is 5.75 Å². The van der Waals surface area contributed by atoms with Gasteiger partial charge in [0, 0.05) is 0 Å². The maximum atomic E-state index is 13.5. The molecule has 2 heterocycles. The SMILES string of the molecule is CCC1=C(C(=O)OC)[C@H](c2ccccc2)n2c(s/c(=C\c3ccc(OC)cc3)c2=O)=N1. The van der Waals surface area contributed by atoms with Crippen molar-refractivity contribution >= 4 is 23.4 Å². The highest BCUT2D eigenvalue weighted by atomic mass is 32.1. The molecule has 0 saturated carbocycles. The molecule has 1 aliphatic heterocycles. The molecule has 4 rings (SSSR count). The Morgan fingerprint density at radius 3 is 2.45 bits per heavy atom. The molecule has 1 aromatic heterocycles. The molecule has 0 spiro atoms. The molecule has 1 aliphatic rings.